The zero-order valence-corrected chi connectivity index (χ0v) is 19.9. The summed E-state index contributed by atoms with van der Waals surface area (Å²) >= 11 is 6.30. The number of anilines is 1. The molecular formula is C22H24ClN5O5P+. The van der Waals surface area contributed by atoms with Crippen molar-refractivity contribution >= 4 is 36.9 Å². The zero-order chi connectivity index (χ0) is 23.4. The Morgan fingerprint density at radius 3 is 2.88 bits per heavy atom. The van der Waals surface area contributed by atoms with Crippen LogP contribution in [0.15, 0.2) is 30.5 Å². The number of aromatic nitrogens is 4. The van der Waals surface area contributed by atoms with Crippen molar-refractivity contribution in [1.82, 2.24) is 19.7 Å². The molecule has 5 atom stereocenters. The molecule has 1 aliphatic carbocycles. The third-order valence-corrected chi connectivity index (χ3v) is 7.67. The summed E-state index contributed by atoms with van der Waals surface area (Å²) in [4.78, 5) is 11.0. The highest BCUT2D eigenvalue weighted by atomic mass is 35.5. The summed E-state index contributed by atoms with van der Waals surface area (Å²) in [7, 11) is -0.611. The lowest BCUT2D eigenvalue weighted by Gasteiger charge is -2.49. The standard InChI is InChI=1S/C22H23ClN5O5P/c23-21-25-18(27-9-22(10-27)6-5-12-3-1-2-4-14(12)22)13-7-24-28(19(13)26-21)20-17(30)16(29)15(33-20)8-32-11-34-31/h1-4,7,15-17,20,29-30H,5-6,8-11H2/p+1/t15-,16-,17-,20-/m1/s1. The van der Waals surface area contributed by atoms with E-state index in [1.165, 1.54) is 15.8 Å². The highest BCUT2D eigenvalue weighted by molar-refractivity contribution is 7.23. The van der Waals surface area contributed by atoms with E-state index in [2.05, 4.69) is 44.2 Å². The molecule has 2 fully saturated rings. The number of fused-ring (bicyclic) bond motifs is 3. The Kier molecular flexibility index (Phi) is 5.55. The van der Waals surface area contributed by atoms with Crippen LogP contribution in [0.3, 0.4) is 0 Å². The fourth-order valence-corrected chi connectivity index (χ4v) is 5.89. The second-order valence-corrected chi connectivity index (χ2v) is 10.1. The molecule has 3 aromatic rings. The summed E-state index contributed by atoms with van der Waals surface area (Å²) in [5.41, 5.74) is 3.38. The van der Waals surface area contributed by atoms with Crippen LogP contribution in [0.1, 0.15) is 23.8 Å². The van der Waals surface area contributed by atoms with Gasteiger partial charge in [-0.2, -0.15) is 15.1 Å². The molecule has 6 rings (SSSR count). The molecule has 0 radical (unpaired) electrons. The molecule has 2 aromatic heterocycles. The molecule has 1 spiro atoms. The molecule has 12 heteroatoms. The van der Waals surface area contributed by atoms with Crippen LogP contribution >= 0.6 is 20.1 Å². The minimum atomic E-state index is -1.24. The SMILES string of the molecule is O=[PH+]COC[C@H]1O[C@@H](n2ncc3c(N4CC5(CCc6ccccc65)C4)nc(Cl)nc32)[C@H](O)[C@@H]1O. The van der Waals surface area contributed by atoms with Crippen LogP contribution in [0.4, 0.5) is 5.82 Å². The molecule has 178 valence electrons. The molecule has 2 aliphatic heterocycles. The lowest BCUT2D eigenvalue weighted by Crippen LogP contribution is -2.58. The first-order chi connectivity index (χ1) is 16.5. The zero-order valence-electron chi connectivity index (χ0n) is 18.2. The average molecular weight is 505 g/mol. The molecule has 10 nitrogen and oxygen atoms in total. The number of hydrogen-bond acceptors (Lipinski definition) is 9. The molecule has 2 N–H and O–H groups in total. The van der Waals surface area contributed by atoms with Crippen LogP contribution in [-0.2, 0) is 25.9 Å². The van der Waals surface area contributed by atoms with Crippen molar-refractivity contribution in [3.05, 3.63) is 46.9 Å². The molecule has 2 saturated heterocycles. The van der Waals surface area contributed by atoms with Gasteiger partial charge in [0.15, 0.2) is 11.9 Å². The lowest BCUT2D eigenvalue weighted by atomic mass is 9.75. The van der Waals surface area contributed by atoms with Crippen molar-refractivity contribution in [2.75, 3.05) is 30.9 Å². The molecule has 1 aromatic carbocycles. The van der Waals surface area contributed by atoms with Crippen LogP contribution < -0.4 is 4.90 Å². The van der Waals surface area contributed by atoms with E-state index in [1.54, 1.807) is 6.20 Å². The van der Waals surface area contributed by atoms with Crippen LogP contribution in [-0.4, -0.2) is 74.3 Å². The number of aryl methyl sites for hydroxylation is 1. The maximum atomic E-state index is 10.6. The van der Waals surface area contributed by atoms with Crippen LogP contribution in [0.25, 0.3) is 11.0 Å². The van der Waals surface area contributed by atoms with E-state index in [-0.39, 0.29) is 23.7 Å². The summed E-state index contributed by atoms with van der Waals surface area (Å²) in [5, 5.41) is 26.2. The van der Waals surface area contributed by atoms with E-state index in [0.29, 0.717) is 16.9 Å². The second kappa shape index (κ2) is 8.48. The molecule has 3 aliphatic rings. The van der Waals surface area contributed by atoms with E-state index in [9.17, 15) is 14.8 Å². The van der Waals surface area contributed by atoms with Crippen molar-refractivity contribution in [2.24, 2.45) is 0 Å². The fourth-order valence-electron chi connectivity index (χ4n) is 5.52. The molecular weight excluding hydrogens is 481 g/mol. The first kappa shape index (κ1) is 22.3. The molecule has 4 heterocycles. The molecule has 0 bridgehead atoms. The Hall–Kier alpha value is -2.20. The van der Waals surface area contributed by atoms with Crippen molar-refractivity contribution in [3.8, 4) is 0 Å². The Bertz CT molecular complexity index is 1250. The number of benzene rings is 1. The normalized spacial score (nSPS) is 27.6. The van der Waals surface area contributed by atoms with Gasteiger partial charge in [0.2, 0.25) is 11.6 Å². The smallest absolute Gasteiger partial charge is 0.353 e. The second-order valence-electron chi connectivity index (χ2n) is 9.14. The number of aliphatic hydroxyl groups excluding tert-OH is 2. The van der Waals surface area contributed by atoms with Crippen molar-refractivity contribution in [1.29, 1.82) is 0 Å². The molecule has 0 amide bonds. The van der Waals surface area contributed by atoms with Crippen molar-refractivity contribution in [2.45, 2.75) is 42.8 Å². The monoisotopic (exact) mass is 504 g/mol. The van der Waals surface area contributed by atoms with Gasteiger partial charge in [-0.15, -0.1) is 0 Å². The highest BCUT2D eigenvalue weighted by Gasteiger charge is 2.49. The third-order valence-electron chi connectivity index (χ3n) is 7.18. The fraction of sp³-hybridized carbons (Fsp3) is 0.500. The predicted octanol–water partition coefficient (Wildman–Crippen LogP) is 1.80. The number of rotatable bonds is 6. The quantitative estimate of drug-likeness (QED) is 0.294. The highest BCUT2D eigenvalue weighted by Crippen LogP contribution is 2.47. The van der Waals surface area contributed by atoms with Gasteiger partial charge in [-0.3, -0.25) is 0 Å². The Morgan fingerprint density at radius 2 is 2.06 bits per heavy atom. The van der Waals surface area contributed by atoms with Gasteiger partial charge in [0.1, 0.15) is 24.1 Å². The van der Waals surface area contributed by atoms with E-state index in [1.807, 2.05) is 0 Å². The van der Waals surface area contributed by atoms with E-state index in [4.69, 9.17) is 21.1 Å². The minimum absolute atomic E-state index is 0.00148. The van der Waals surface area contributed by atoms with Gasteiger partial charge in [-0.05, 0) is 35.6 Å². The summed E-state index contributed by atoms with van der Waals surface area (Å²) in [6.07, 6.45) is -0.323. The van der Waals surface area contributed by atoms with E-state index in [0.717, 1.165) is 25.9 Å². The van der Waals surface area contributed by atoms with Crippen LogP contribution in [0, 0.1) is 0 Å². The van der Waals surface area contributed by atoms with E-state index >= 15 is 0 Å². The Labute approximate surface area is 201 Å². The number of hydrogen-bond donors (Lipinski definition) is 2. The van der Waals surface area contributed by atoms with Gasteiger partial charge in [0.05, 0.1) is 18.2 Å². The van der Waals surface area contributed by atoms with Crippen LogP contribution in [0.5, 0.6) is 0 Å². The predicted molar refractivity (Wildman–Crippen MR) is 125 cm³/mol. The van der Waals surface area contributed by atoms with Crippen molar-refractivity contribution in [3.63, 3.8) is 0 Å². The average Bonchev–Trinajstić information content (AvgIpc) is 3.48. The topological polar surface area (TPSA) is 123 Å². The first-order valence-corrected chi connectivity index (χ1v) is 12.7. The Morgan fingerprint density at radius 1 is 1.24 bits per heavy atom. The number of ether oxygens (including phenoxy) is 2. The van der Waals surface area contributed by atoms with Gasteiger partial charge in [0.25, 0.3) is 0 Å². The first-order valence-electron chi connectivity index (χ1n) is 11.2. The van der Waals surface area contributed by atoms with Crippen LogP contribution in [0.2, 0.25) is 5.28 Å². The van der Waals surface area contributed by atoms with Gasteiger partial charge in [-0.1, -0.05) is 28.8 Å². The minimum Gasteiger partial charge on any atom is -0.387 e. The summed E-state index contributed by atoms with van der Waals surface area (Å²) in [6, 6.07) is 8.62. The summed E-state index contributed by atoms with van der Waals surface area (Å²) < 4.78 is 23.1. The summed E-state index contributed by atoms with van der Waals surface area (Å²) in [6.45, 7) is 1.67. The number of nitrogens with zero attached hydrogens (tertiary/aromatic N) is 5. The lowest BCUT2D eigenvalue weighted by molar-refractivity contribution is -0.0647. The maximum Gasteiger partial charge on any atom is 0.353 e. The largest absolute Gasteiger partial charge is 0.387 e. The number of halogens is 1. The maximum absolute atomic E-state index is 10.6. The number of aliphatic hydroxyl groups is 2. The Balaban J connectivity index is 1.28. The molecule has 1 unspecified atom stereocenters. The van der Waals surface area contributed by atoms with E-state index < -0.39 is 33.0 Å². The van der Waals surface area contributed by atoms with Gasteiger partial charge < -0.3 is 24.6 Å². The van der Waals surface area contributed by atoms with Crippen molar-refractivity contribution < 1.29 is 24.3 Å². The third kappa shape index (κ3) is 3.44. The molecule has 0 saturated carbocycles. The molecule has 34 heavy (non-hydrogen) atoms. The van der Waals surface area contributed by atoms with Gasteiger partial charge in [-0.25, -0.2) is 4.68 Å². The van der Waals surface area contributed by atoms with Gasteiger partial charge >= 0.3 is 8.46 Å². The van der Waals surface area contributed by atoms with Gasteiger partial charge in [0, 0.05) is 18.5 Å². The summed E-state index contributed by atoms with van der Waals surface area (Å²) in [5.74, 6) is 0.695.